The number of rotatable bonds is 5. The van der Waals surface area contributed by atoms with E-state index in [2.05, 4.69) is 6.58 Å². The van der Waals surface area contributed by atoms with Gasteiger partial charge in [0.15, 0.2) is 5.78 Å². The third kappa shape index (κ3) is 3.93. The molecule has 4 heteroatoms. The minimum absolute atomic E-state index is 0.184. The molecule has 0 amide bonds. The fourth-order valence-corrected chi connectivity index (χ4v) is 2.00. The van der Waals surface area contributed by atoms with Gasteiger partial charge in [-0.3, -0.25) is 4.79 Å². The Hall–Kier alpha value is -2.65. The maximum absolute atomic E-state index is 12.4. The average molecular weight is 313 g/mol. The normalized spacial score (nSPS) is 10.6. The first-order chi connectivity index (χ1) is 10.5. The van der Waals surface area contributed by atoms with Crippen molar-refractivity contribution in [3.63, 3.8) is 0 Å². The first-order valence-corrected chi connectivity index (χ1v) is 6.86. The molecule has 0 aliphatic rings. The molecule has 2 rings (SSSR count). The Morgan fingerprint density at radius 2 is 1.50 bits per heavy atom. The molecule has 3 nitrogen and oxygen atoms in total. The van der Waals surface area contributed by atoms with E-state index in [-0.39, 0.29) is 5.78 Å². The number of halogens is 1. The van der Waals surface area contributed by atoms with Crippen LogP contribution in [0.4, 0.5) is 0 Å². The zero-order valence-electron chi connectivity index (χ0n) is 11.6. The molecule has 2 aromatic rings. The molecule has 22 heavy (non-hydrogen) atoms. The zero-order valence-corrected chi connectivity index (χ0v) is 12.4. The van der Waals surface area contributed by atoms with E-state index in [1.54, 1.807) is 48.5 Å². The van der Waals surface area contributed by atoms with Gasteiger partial charge < -0.3 is 5.11 Å². The van der Waals surface area contributed by atoms with Crippen LogP contribution in [0.15, 0.2) is 61.2 Å². The van der Waals surface area contributed by atoms with Gasteiger partial charge in [0.2, 0.25) is 0 Å². The molecule has 0 atom stereocenters. The summed E-state index contributed by atoms with van der Waals surface area (Å²) in [7, 11) is 0. The average Bonchev–Trinajstić information content (AvgIpc) is 2.53. The van der Waals surface area contributed by atoms with Gasteiger partial charge in [0.1, 0.15) is 0 Å². The van der Waals surface area contributed by atoms with Crippen LogP contribution in [0, 0.1) is 0 Å². The number of allylic oxidation sites excluding steroid dienone is 1. The number of hydrogen-bond donors (Lipinski definition) is 1. The van der Waals surface area contributed by atoms with Crippen molar-refractivity contribution in [3.8, 4) is 0 Å². The van der Waals surface area contributed by atoms with E-state index in [9.17, 15) is 9.59 Å². The maximum atomic E-state index is 12.4. The summed E-state index contributed by atoms with van der Waals surface area (Å²) in [4.78, 5) is 22.8. The fourth-order valence-electron chi connectivity index (χ4n) is 1.87. The van der Waals surface area contributed by atoms with Crippen LogP contribution >= 0.6 is 11.6 Å². The number of carbonyl (C=O) groups excluding carboxylic acids is 1. The van der Waals surface area contributed by atoms with E-state index in [4.69, 9.17) is 16.7 Å². The molecular weight excluding hydrogens is 300 g/mol. The van der Waals surface area contributed by atoms with Crippen LogP contribution in [0.5, 0.6) is 0 Å². The largest absolute Gasteiger partial charge is 0.478 e. The lowest BCUT2D eigenvalue weighted by Gasteiger charge is -2.06. The molecular formula is C18H13ClO3. The second kappa shape index (κ2) is 6.87. The molecule has 0 aromatic heterocycles. The Morgan fingerprint density at radius 1 is 0.955 bits per heavy atom. The predicted octanol–water partition coefficient (Wildman–Crippen LogP) is 4.33. The lowest BCUT2D eigenvalue weighted by atomic mass is 9.97. The molecule has 110 valence electrons. The number of ketones is 1. The molecule has 0 saturated carbocycles. The lowest BCUT2D eigenvalue weighted by Crippen LogP contribution is -2.01. The molecule has 0 aliphatic carbocycles. The van der Waals surface area contributed by atoms with E-state index in [1.807, 2.05) is 0 Å². The van der Waals surface area contributed by atoms with Gasteiger partial charge in [-0.25, -0.2) is 4.79 Å². The number of benzene rings is 2. The second-order valence-corrected chi connectivity index (χ2v) is 5.04. The van der Waals surface area contributed by atoms with Gasteiger partial charge >= 0.3 is 5.97 Å². The highest BCUT2D eigenvalue weighted by atomic mass is 35.5. The van der Waals surface area contributed by atoms with Gasteiger partial charge in [0.05, 0.1) is 0 Å². The summed E-state index contributed by atoms with van der Waals surface area (Å²) in [5.74, 6) is -1.20. The molecule has 0 spiro atoms. The van der Waals surface area contributed by atoms with Crippen molar-refractivity contribution in [3.05, 3.63) is 82.9 Å². The monoisotopic (exact) mass is 312 g/mol. The van der Waals surface area contributed by atoms with E-state index in [0.717, 1.165) is 6.08 Å². The number of carbonyl (C=O) groups is 2. The highest BCUT2D eigenvalue weighted by molar-refractivity contribution is 6.31. The molecule has 0 unspecified atom stereocenters. The highest BCUT2D eigenvalue weighted by Crippen LogP contribution is 2.20. The van der Waals surface area contributed by atoms with Crippen molar-refractivity contribution in [2.24, 2.45) is 0 Å². The molecule has 0 heterocycles. The van der Waals surface area contributed by atoms with Crippen LogP contribution in [-0.4, -0.2) is 16.9 Å². The fraction of sp³-hybridized carbons (Fsp3) is 0. The van der Waals surface area contributed by atoms with Gasteiger partial charge in [-0.1, -0.05) is 54.6 Å². The van der Waals surface area contributed by atoms with Crippen molar-refractivity contribution >= 4 is 35.0 Å². The summed E-state index contributed by atoms with van der Waals surface area (Å²) in [6, 6.07) is 13.5. The quantitative estimate of drug-likeness (QED) is 0.660. The van der Waals surface area contributed by atoms with Crippen molar-refractivity contribution in [1.82, 2.24) is 0 Å². The highest BCUT2D eigenvalue weighted by Gasteiger charge is 2.11. The van der Waals surface area contributed by atoms with Gasteiger partial charge in [-0.2, -0.15) is 0 Å². The van der Waals surface area contributed by atoms with Crippen LogP contribution in [0.3, 0.4) is 0 Å². The third-order valence-electron chi connectivity index (χ3n) is 3.06. The molecule has 0 fully saturated rings. The minimum atomic E-state index is -1.02. The van der Waals surface area contributed by atoms with Gasteiger partial charge in [0, 0.05) is 22.2 Å². The molecule has 0 radical (unpaired) electrons. The standard InChI is InChI=1S/C18H13ClO3/c1-12(14-7-9-16(19)10-8-14)18(22)15-5-2-13(3-6-15)4-11-17(20)21/h2-11H,1H2,(H,20,21). The number of hydrogen-bond acceptors (Lipinski definition) is 2. The first-order valence-electron chi connectivity index (χ1n) is 6.48. The topological polar surface area (TPSA) is 54.4 Å². The summed E-state index contributed by atoms with van der Waals surface area (Å²) in [6.07, 6.45) is 2.51. The van der Waals surface area contributed by atoms with Crippen molar-refractivity contribution < 1.29 is 14.7 Å². The third-order valence-corrected chi connectivity index (χ3v) is 3.31. The Morgan fingerprint density at radius 3 is 2.05 bits per heavy atom. The molecule has 0 aliphatic heterocycles. The van der Waals surface area contributed by atoms with E-state index >= 15 is 0 Å². The maximum Gasteiger partial charge on any atom is 0.328 e. The number of carboxylic acid groups (broad SMARTS) is 1. The van der Waals surface area contributed by atoms with Gasteiger partial charge in [-0.05, 0) is 29.3 Å². The Balaban J connectivity index is 2.17. The Labute approximate surface area is 133 Å². The molecule has 2 aromatic carbocycles. The van der Waals surface area contributed by atoms with E-state index < -0.39 is 5.97 Å². The zero-order chi connectivity index (χ0) is 16.1. The number of Topliss-reactive ketones (excluding diaryl/α,β-unsaturated/α-hetero) is 1. The summed E-state index contributed by atoms with van der Waals surface area (Å²) < 4.78 is 0. The van der Waals surface area contributed by atoms with Crippen LogP contribution in [-0.2, 0) is 4.79 Å². The number of aliphatic carboxylic acids is 1. The summed E-state index contributed by atoms with van der Waals surface area (Å²) in [5.41, 5.74) is 2.29. The SMILES string of the molecule is C=C(C(=O)c1ccc(C=CC(=O)O)cc1)c1ccc(Cl)cc1. The van der Waals surface area contributed by atoms with Gasteiger partial charge in [-0.15, -0.1) is 0 Å². The van der Waals surface area contributed by atoms with Crippen LogP contribution < -0.4 is 0 Å². The Kier molecular flexibility index (Phi) is 4.92. The number of carboxylic acids is 1. The van der Waals surface area contributed by atoms with Crippen molar-refractivity contribution in [2.75, 3.05) is 0 Å². The van der Waals surface area contributed by atoms with Crippen molar-refractivity contribution in [2.45, 2.75) is 0 Å². The minimum Gasteiger partial charge on any atom is -0.478 e. The van der Waals surface area contributed by atoms with Crippen LogP contribution in [0.1, 0.15) is 21.5 Å². The molecule has 0 saturated heterocycles. The Bertz CT molecular complexity index is 741. The van der Waals surface area contributed by atoms with Gasteiger partial charge in [0.25, 0.3) is 0 Å². The molecule has 1 N–H and O–H groups in total. The lowest BCUT2D eigenvalue weighted by molar-refractivity contribution is -0.131. The second-order valence-electron chi connectivity index (χ2n) is 4.61. The smallest absolute Gasteiger partial charge is 0.328 e. The van der Waals surface area contributed by atoms with Crippen molar-refractivity contribution in [1.29, 1.82) is 0 Å². The first kappa shape index (κ1) is 15.7. The summed E-state index contributed by atoms with van der Waals surface area (Å²) in [5, 5.41) is 9.17. The van der Waals surface area contributed by atoms with E-state index in [0.29, 0.717) is 27.3 Å². The van der Waals surface area contributed by atoms with Crippen LogP contribution in [0.2, 0.25) is 5.02 Å². The van der Waals surface area contributed by atoms with Crippen LogP contribution in [0.25, 0.3) is 11.6 Å². The summed E-state index contributed by atoms with van der Waals surface area (Å²) in [6.45, 7) is 3.83. The predicted molar refractivity (Wildman–Crippen MR) is 87.9 cm³/mol. The molecule has 0 bridgehead atoms. The van der Waals surface area contributed by atoms with E-state index in [1.165, 1.54) is 6.08 Å². The summed E-state index contributed by atoms with van der Waals surface area (Å²) >= 11 is 5.82.